The molecule has 2 aromatic carbocycles. The first-order valence-electron chi connectivity index (χ1n) is 8.78. The van der Waals surface area contributed by atoms with Crippen LogP contribution in [-0.4, -0.2) is 44.6 Å². The Morgan fingerprint density at radius 2 is 1.85 bits per heavy atom. The van der Waals surface area contributed by atoms with Crippen molar-refractivity contribution in [2.45, 2.75) is 25.9 Å². The molecule has 0 aromatic heterocycles. The van der Waals surface area contributed by atoms with Gasteiger partial charge in [-0.05, 0) is 31.0 Å². The normalized spacial score (nSPS) is 16.4. The van der Waals surface area contributed by atoms with Crippen LogP contribution in [0, 0.1) is 0 Å². The molecule has 6 nitrogen and oxygen atoms in total. The monoisotopic (exact) mass is 388 g/mol. The summed E-state index contributed by atoms with van der Waals surface area (Å²) in [6.07, 6.45) is 1.89. The highest BCUT2D eigenvalue weighted by Gasteiger charge is 2.33. The maximum Gasteiger partial charge on any atom is 0.242 e. The predicted octanol–water partition coefficient (Wildman–Crippen LogP) is 2.43. The van der Waals surface area contributed by atoms with Gasteiger partial charge in [-0.25, -0.2) is 8.42 Å². The Morgan fingerprint density at radius 1 is 1.19 bits per heavy atom. The quantitative estimate of drug-likeness (QED) is 0.762. The van der Waals surface area contributed by atoms with E-state index < -0.39 is 10.0 Å². The molecule has 1 aliphatic rings. The number of anilines is 1. The van der Waals surface area contributed by atoms with Crippen LogP contribution >= 0.6 is 0 Å². The smallest absolute Gasteiger partial charge is 0.242 e. The molecule has 1 aliphatic heterocycles. The van der Waals surface area contributed by atoms with Crippen molar-refractivity contribution in [3.8, 4) is 5.75 Å². The highest BCUT2D eigenvalue weighted by atomic mass is 32.2. The Bertz CT molecular complexity index is 943. The van der Waals surface area contributed by atoms with E-state index in [4.69, 9.17) is 4.74 Å². The largest absolute Gasteiger partial charge is 0.496 e. The van der Waals surface area contributed by atoms with Crippen molar-refractivity contribution >= 4 is 21.6 Å². The van der Waals surface area contributed by atoms with E-state index in [9.17, 15) is 13.2 Å². The SMILES string of the molecule is COc1ccccc1CN(CC(=O)N1c2ccccc2CC1C)S(C)(=O)=O. The second kappa shape index (κ2) is 7.70. The summed E-state index contributed by atoms with van der Waals surface area (Å²) in [7, 11) is -2.04. The maximum absolute atomic E-state index is 13.0. The summed E-state index contributed by atoms with van der Waals surface area (Å²) in [5, 5.41) is 0. The predicted molar refractivity (Wildman–Crippen MR) is 105 cm³/mol. The van der Waals surface area contributed by atoms with Crippen LogP contribution in [0.2, 0.25) is 0 Å². The van der Waals surface area contributed by atoms with Gasteiger partial charge in [-0.2, -0.15) is 4.31 Å². The van der Waals surface area contributed by atoms with Gasteiger partial charge in [0.15, 0.2) is 0 Å². The van der Waals surface area contributed by atoms with Gasteiger partial charge >= 0.3 is 0 Å². The van der Waals surface area contributed by atoms with Gasteiger partial charge in [-0.1, -0.05) is 36.4 Å². The minimum atomic E-state index is -3.58. The average molecular weight is 388 g/mol. The van der Waals surface area contributed by atoms with Gasteiger partial charge in [0.2, 0.25) is 15.9 Å². The second-order valence-electron chi connectivity index (χ2n) is 6.79. The van der Waals surface area contributed by atoms with Crippen molar-refractivity contribution in [2.75, 3.05) is 24.8 Å². The zero-order valence-electron chi connectivity index (χ0n) is 15.8. The van der Waals surface area contributed by atoms with E-state index in [1.807, 2.05) is 43.3 Å². The molecule has 0 bridgehead atoms. The standard InChI is InChI=1S/C20H24N2O4S/c1-15-12-16-8-4-6-10-18(16)22(15)20(23)14-21(27(3,24)25)13-17-9-5-7-11-19(17)26-2/h4-11,15H,12-14H2,1-3H3. The number of carbonyl (C=O) groups is 1. The molecule has 7 heteroatoms. The van der Waals surface area contributed by atoms with Gasteiger partial charge in [-0.3, -0.25) is 4.79 Å². The number of carbonyl (C=O) groups excluding carboxylic acids is 1. The van der Waals surface area contributed by atoms with Gasteiger partial charge in [0, 0.05) is 23.8 Å². The van der Waals surface area contributed by atoms with Crippen LogP contribution in [0.1, 0.15) is 18.1 Å². The summed E-state index contributed by atoms with van der Waals surface area (Å²) in [5.74, 6) is 0.367. The number of amides is 1. The molecule has 1 heterocycles. The number of nitrogens with zero attached hydrogens (tertiary/aromatic N) is 2. The Morgan fingerprint density at radius 3 is 2.56 bits per heavy atom. The third-order valence-corrected chi connectivity index (χ3v) is 5.99. The molecule has 2 aromatic rings. The molecule has 0 aliphatic carbocycles. The van der Waals surface area contributed by atoms with Crippen LogP contribution in [0.4, 0.5) is 5.69 Å². The molecule has 0 spiro atoms. The van der Waals surface area contributed by atoms with Crippen LogP contribution in [-0.2, 0) is 27.8 Å². The van der Waals surface area contributed by atoms with Crippen LogP contribution in [0.5, 0.6) is 5.75 Å². The lowest BCUT2D eigenvalue weighted by molar-refractivity contribution is -0.119. The van der Waals surface area contributed by atoms with Crippen molar-refractivity contribution in [1.29, 1.82) is 0 Å². The summed E-state index contributed by atoms with van der Waals surface area (Å²) < 4.78 is 31.2. The number of ether oxygens (including phenoxy) is 1. The van der Waals surface area contributed by atoms with Gasteiger partial charge in [0.05, 0.1) is 19.9 Å². The molecular formula is C20H24N2O4S. The molecule has 3 rings (SSSR count). The Kier molecular flexibility index (Phi) is 5.53. The highest BCUT2D eigenvalue weighted by molar-refractivity contribution is 7.88. The summed E-state index contributed by atoms with van der Waals surface area (Å²) >= 11 is 0. The molecule has 0 fully saturated rings. The van der Waals surface area contributed by atoms with E-state index >= 15 is 0 Å². The van der Waals surface area contributed by atoms with E-state index in [2.05, 4.69) is 0 Å². The number of hydrogen-bond donors (Lipinski definition) is 0. The van der Waals surface area contributed by atoms with Crippen molar-refractivity contribution in [2.24, 2.45) is 0 Å². The summed E-state index contributed by atoms with van der Waals surface area (Å²) in [6, 6.07) is 15.0. The van der Waals surface area contributed by atoms with Crippen LogP contribution < -0.4 is 9.64 Å². The van der Waals surface area contributed by atoms with E-state index in [-0.39, 0.29) is 25.0 Å². The number of methoxy groups -OCH3 is 1. The minimum absolute atomic E-state index is 0.00238. The lowest BCUT2D eigenvalue weighted by atomic mass is 10.1. The lowest BCUT2D eigenvalue weighted by Crippen LogP contribution is -2.44. The van der Waals surface area contributed by atoms with Crippen molar-refractivity contribution in [3.05, 3.63) is 59.7 Å². The van der Waals surface area contributed by atoms with Gasteiger partial charge in [0.1, 0.15) is 5.75 Å². The fourth-order valence-electron chi connectivity index (χ4n) is 3.49. The van der Waals surface area contributed by atoms with Crippen LogP contribution in [0.3, 0.4) is 0 Å². The Labute approximate surface area is 160 Å². The summed E-state index contributed by atoms with van der Waals surface area (Å²) in [5.41, 5.74) is 2.68. The number of rotatable bonds is 6. The van der Waals surface area contributed by atoms with E-state index in [1.54, 1.807) is 17.0 Å². The first-order chi connectivity index (χ1) is 12.8. The maximum atomic E-state index is 13.0. The molecule has 1 amide bonds. The topological polar surface area (TPSA) is 66.9 Å². The van der Waals surface area contributed by atoms with Gasteiger partial charge in [0.25, 0.3) is 0 Å². The molecule has 144 valence electrons. The Balaban J connectivity index is 1.84. The van der Waals surface area contributed by atoms with Crippen LogP contribution in [0.25, 0.3) is 0 Å². The summed E-state index contributed by atoms with van der Waals surface area (Å²) in [6.45, 7) is 1.84. The summed E-state index contributed by atoms with van der Waals surface area (Å²) in [4.78, 5) is 14.7. The number of benzene rings is 2. The van der Waals surface area contributed by atoms with Crippen molar-refractivity contribution < 1.29 is 17.9 Å². The molecule has 0 radical (unpaired) electrons. The lowest BCUT2D eigenvalue weighted by Gasteiger charge is -2.27. The molecule has 0 N–H and O–H groups in total. The number of hydrogen-bond acceptors (Lipinski definition) is 4. The average Bonchev–Trinajstić information content (AvgIpc) is 2.96. The molecule has 0 saturated carbocycles. The third kappa shape index (κ3) is 4.14. The zero-order chi connectivity index (χ0) is 19.6. The number of para-hydroxylation sites is 2. The van der Waals surface area contributed by atoms with Gasteiger partial charge < -0.3 is 9.64 Å². The van der Waals surface area contributed by atoms with Crippen molar-refractivity contribution in [1.82, 2.24) is 4.31 Å². The highest BCUT2D eigenvalue weighted by Crippen LogP contribution is 2.32. The zero-order valence-corrected chi connectivity index (χ0v) is 16.6. The molecule has 27 heavy (non-hydrogen) atoms. The number of sulfonamides is 1. The van der Waals surface area contributed by atoms with Crippen LogP contribution in [0.15, 0.2) is 48.5 Å². The first kappa shape index (κ1) is 19.4. The van der Waals surface area contributed by atoms with E-state index in [0.29, 0.717) is 11.3 Å². The molecular weight excluding hydrogens is 364 g/mol. The van der Waals surface area contributed by atoms with E-state index in [1.165, 1.54) is 11.4 Å². The Hall–Kier alpha value is -2.38. The third-order valence-electron chi connectivity index (χ3n) is 4.80. The second-order valence-corrected chi connectivity index (χ2v) is 8.77. The first-order valence-corrected chi connectivity index (χ1v) is 10.6. The van der Waals surface area contributed by atoms with Gasteiger partial charge in [-0.15, -0.1) is 0 Å². The van der Waals surface area contributed by atoms with Crippen molar-refractivity contribution in [3.63, 3.8) is 0 Å². The molecule has 0 saturated heterocycles. The van der Waals surface area contributed by atoms with E-state index in [0.717, 1.165) is 23.9 Å². The fraction of sp³-hybridized carbons (Fsp3) is 0.350. The molecule has 1 unspecified atom stereocenters. The number of fused-ring (bicyclic) bond motifs is 1. The molecule has 1 atom stereocenters. The fourth-order valence-corrected chi connectivity index (χ4v) is 4.21. The minimum Gasteiger partial charge on any atom is -0.496 e.